The van der Waals surface area contributed by atoms with E-state index >= 15 is 0 Å². The number of benzene rings is 1. The van der Waals surface area contributed by atoms with Gasteiger partial charge in [0.05, 0.1) is 10.6 Å². The Bertz CT molecular complexity index is 601. The molecule has 2 rings (SSSR count). The molecule has 0 atom stereocenters. The van der Waals surface area contributed by atoms with Crippen molar-refractivity contribution in [3.63, 3.8) is 0 Å². The maximum Gasteiger partial charge on any atom is 0.226 e. The first-order chi connectivity index (χ1) is 8.10. The molecule has 0 aliphatic rings. The van der Waals surface area contributed by atoms with Gasteiger partial charge in [0.25, 0.3) is 0 Å². The van der Waals surface area contributed by atoms with E-state index < -0.39 is 0 Å². The molecule has 1 heterocycles. The normalized spacial score (nSPS) is 10.0. The lowest BCUT2D eigenvalue weighted by atomic mass is 10.2. The molecule has 0 unspecified atom stereocenters. The number of nitrogens with one attached hydrogen (secondary N) is 1. The predicted molar refractivity (Wildman–Crippen MR) is 68.2 cm³/mol. The fourth-order valence-corrected chi connectivity index (χ4v) is 1.85. The fraction of sp³-hybridized carbons (Fsp3) is 0.100. The first kappa shape index (κ1) is 11.9. The Morgan fingerprint density at radius 1 is 1.53 bits per heavy atom. The largest absolute Gasteiger partial charge is 0.324 e. The molecule has 0 aliphatic carbocycles. The van der Waals surface area contributed by atoms with Crippen LogP contribution in [0, 0.1) is 11.3 Å². The van der Waals surface area contributed by atoms with Gasteiger partial charge < -0.3 is 5.32 Å². The lowest BCUT2D eigenvalue weighted by Gasteiger charge is -2.05. The van der Waals surface area contributed by atoms with Crippen molar-refractivity contribution in [3.05, 3.63) is 33.5 Å². The third-order valence-electron chi connectivity index (χ3n) is 2.08. The summed E-state index contributed by atoms with van der Waals surface area (Å²) in [5.74, 6) is 0.572. The molecular formula is C10H7BrClN5. The van der Waals surface area contributed by atoms with E-state index in [1.165, 1.54) is 0 Å². The molecule has 0 saturated heterocycles. The van der Waals surface area contributed by atoms with Crippen molar-refractivity contribution < 1.29 is 0 Å². The molecular weight excluding hydrogens is 306 g/mol. The van der Waals surface area contributed by atoms with Crippen LogP contribution in [0.15, 0.2) is 22.9 Å². The second kappa shape index (κ2) is 4.73. The number of hydrogen-bond donors (Lipinski definition) is 1. The van der Waals surface area contributed by atoms with Crippen LogP contribution in [0.3, 0.4) is 0 Å². The van der Waals surface area contributed by atoms with Gasteiger partial charge in [0.15, 0.2) is 0 Å². The van der Waals surface area contributed by atoms with E-state index in [9.17, 15) is 0 Å². The summed E-state index contributed by atoms with van der Waals surface area (Å²) in [6, 6.07) is 7.11. The van der Waals surface area contributed by atoms with Gasteiger partial charge in [0.2, 0.25) is 10.7 Å². The minimum Gasteiger partial charge on any atom is -0.324 e. The van der Waals surface area contributed by atoms with Gasteiger partial charge in [-0.25, -0.2) is 4.68 Å². The second-order valence-electron chi connectivity index (χ2n) is 3.26. The Morgan fingerprint density at radius 2 is 2.29 bits per heavy atom. The molecule has 0 saturated carbocycles. The molecule has 0 amide bonds. The van der Waals surface area contributed by atoms with Gasteiger partial charge in [-0.15, -0.1) is 5.10 Å². The van der Waals surface area contributed by atoms with Crippen LogP contribution < -0.4 is 5.32 Å². The standard InChI is InChI=1S/C10H7BrClN5/c1-17-10(15-9(11)16-17)14-7-2-3-8(12)6(4-7)5-13/h2-4H,1H3,(H,14,15,16). The molecule has 0 aliphatic heterocycles. The molecule has 5 nitrogen and oxygen atoms in total. The maximum absolute atomic E-state index is 8.86. The Morgan fingerprint density at radius 3 is 2.88 bits per heavy atom. The predicted octanol–water partition coefficient (Wildman–Crippen LogP) is 2.85. The lowest BCUT2D eigenvalue weighted by molar-refractivity contribution is 0.769. The first-order valence-corrected chi connectivity index (χ1v) is 5.80. The summed E-state index contributed by atoms with van der Waals surface area (Å²) >= 11 is 9.02. The van der Waals surface area contributed by atoms with E-state index in [-0.39, 0.29) is 0 Å². The van der Waals surface area contributed by atoms with Gasteiger partial charge in [-0.2, -0.15) is 10.2 Å². The average Bonchev–Trinajstić information content (AvgIpc) is 2.60. The van der Waals surface area contributed by atoms with E-state index in [1.54, 1.807) is 29.9 Å². The highest BCUT2D eigenvalue weighted by Gasteiger charge is 2.06. The number of anilines is 2. The minimum absolute atomic E-state index is 0.415. The first-order valence-electron chi connectivity index (χ1n) is 4.63. The van der Waals surface area contributed by atoms with E-state index in [1.807, 2.05) is 6.07 Å². The molecule has 0 spiro atoms. The highest BCUT2D eigenvalue weighted by molar-refractivity contribution is 9.10. The van der Waals surface area contributed by atoms with Crippen LogP contribution in [-0.4, -0.2) is 14.8 Å². The zero-order valence-corrected chi connectivity index (χ0v) is 11.1. The van der Waals surface area contributed by atoms with Crippen molar-refractivity contribution in [3.8, 4) is 6.07 Å². The van der Waals surface area contributed by atoms with E-state index in [4.69, 9.17) is 16.9 Å². The Hall–Kier alpha value is -1.58. The monoisotopic (exact) mass is 311 g/mol. The van der Waals surface area contributed by atoms with Gasteiger partial charge in [-0.3, -0.25) is 0 Å². The topological polar surface area (TPSA) is 66.5 Å². The highest BCUT2D eigenvalue weighted by atomic mass is 79.9. The van der Waals surface area contributed by atoms with E-state index in [2.05, 4.69) is 31.3 Å². The van der Waals surface area contributed by atoms with Crippen LogP contribution >= 0.6 is 27.5 Å². The summed E-state index contributed by atoms with van der Waals surface area (Å²) in [7, 11) is 1.77. The summed E-state index contributed by atoms with van der Waals surface area (Å²) in [5, 5.41) is 16.4. The number of aryl methyl sites for hydroxylation is 1. The zero-order valence-electron chi connectivity index (χ0n) is 8.78. The van der Waals surface area contributed by atoms with Crippen LogP contribution in [0.2, 0.25) is 5.02 Å². The van der Waals surface area contributed by atoms with Gasteiger partial charge in [0, 0.05) is 12.7 Å². The van der Waals surface area contributed by atoms with Gasteiger partial charge in [-0.1, -0.05) is 11.6 Å². The number of aromatic nitrogens is 3. The van der Waals surface area contributed by atoms with Crippen molar-refractivity contribution in [2.24, 2.45) is 7.05 Å². The summed E-state index contributed by atoms with van der Waals surface area (Å²) in [5.41, 5.74) is 1.15. The molecule has 86 valence electrons. The van der Waals surface area contributed by atoms with Crippen molar-refractivity contribution in [2.45, 2.75) is 0 Å². The van der Waals surface area contributed by atoms with Crippen molar-refractivity contribution in [1.29, 1.82) is 5.26 Å². The van der Waals surface area contributed by atoms with Gasteiger partial charge in [0.1, 0.15) is 6.07 Å². The Kier molecular flexibility index (Phi) is 3.31. The third kappa shape index (κ3) is 2.57. The van der Waals surface area contributed by atoms with Crippen LogP contribution in [0.4, 0.5) is 11.6 Å². The van der Waals surface area contributed by atoms with Crippen LogP contribution in [0.25, 0.3) is 0 Å². The summed E-state index contributed by atoms with van der Waals surface area (Å²) in [4.78, 5) is 4.12. The number of hydrogen-bond acceptors (Lipinski definition) is 4. The molecule has 0 fully saturated rings. The maximum atomic E-state index is 8.86. The number of rotatable bonds is 2. The molecule has 1 aromatic heterocycles. The summed E-state index contributed by atoms with van der Waals surface area (Å²) in [6.07, 6.45) is 0. The fourth-order valence-electron chi connectivity index (χ4n) is 1.28. The zero-order chi connectivity index (χ0) is 12.4. The van der Waals surface area contributed by atoms with Crippen LogP contribution in [0.1, 0.15) is 5.56 Å². The molecule has 17 heavy (non-hydrogen) atoms. The SMILES string of the molecule is Cn1nc(Br)nc1Nc1ccc(Cl)c(C#N)c1. The molecule has 2 aromatic rings. The van der Waals surface area contributed by atoms with Gasteiger partial charge in [-0.05, 0) is 34.1 Å². The van der Waals surface area contributed by atoms with Crippen molar-refractivity contribution in [1.82, 2.24) is 14.8 Å². The summed E-state index contributed by atoms with van der Waals surface area (Å²) in [6.45, 7) is 0. The number of nitriles is 1. The number of halogens is 2. The molecule has 0 radical (unpaired) electrons. The lowest BCUT2D eigenvalue weighted by Crippen LogP contribution is -2.00. The quantitative estimate of drug-likeness (QED) is 0.926. The minimum atomic E-state index is 0.415. The Labute approximate surface area is 111 Å². The molecule has 0 bridgehead atoms. The molecule has 7 heteroatoms. The van der Waals surface area contributed by atoms with Crippen LogP contribution in [0.5, 0.6) is 0 Å². The molecule has 1 aromatic carbocycles. The van der Waals surface area contributed by atoms with Crippen LogP contribution in [-0.2, 0) is 7.05 Å². The van der Waals surface area contributed by atoms with Crippen molar-refractivity contribution >= 4 is 39.2 Å². The highest BCUT2D eigenvalue weighted by Crippen LogP contribution is 2.22. The summed E-state index contributed by atoms with van der Waals surface area (Å²) < 4.78 is 2.09. The van der Waals surface area contributed by atoms with E-state index in [0.29, 0.717) is 21.3 Å². The average molecular weight is 313 g/mol. The number of nitrogens with zero attached hydrogens (tertiary/aromatic N) is 4. The van der Waals surface area contributed by atoms with Crippen molar-refractivity contribution in [2.75, 3.05) is 5.32 Å². The smallest absolute Gasteiger partial charge is 0.226 e. The van der Waals surface area contributed by atoms with Gasteiger partial charge >= 0.3 is 0 Å². The second-order valence-corrected chi connectivity index (χ2v) is 4.38. The third-order valence-corrected chi connectivity index (χ3v) is 2.75. The van der Waals surface area contributed by atoms with E-state index in [0.717, 1.165) is 5.69 Å². The Balaban J connectivity index is 2.31. The molecule has 1 N–H and O–H groups in total.